The van der Waals surface area contributed by atoms with Crippen LogP contribution in [0.25, 0.3) is 0 Å². The van der Waals surface area contributed by atoms with E-state index in [0.717, 1.165) is 25.7 Å². The van der Waals surface area contributed by atoms with Gasteiger partial charge in [0.25, 0.3) is 0 Å². The van der Waals surface area contributed by atoms with Crippen molar-refractivity contribution in [3.8, 4) is 0 Å². The van der Waals surface area contributed by atoms with Crippen LogP contribution in [0.2, 0.25) is 0 Å². The molecule has 178 valence electrons. The molecule has 6 nitrogen and oxygen atoms in total. The molecule has 4 aliphatic carbocycles. The minimum atomic E-state index is -1.06. The van der Waals surface area contributed by atoms with E-state index >= 15 is 0 Å². The molecule has 2 unspecified atom stereocenters. The lowest BCUT2D eigenvalue weighted by atomic mass is 9.49. The molecule has 6 atom stereocenters. The quantitative estimate of drug-likeness (QED) is 0.471. The summed E-state index contributed by atoms with van der Waals surface area (Å²) in [6.45, 7) is 8.27. The molecule has 0 spiro atoms. The highest BCUT2D eigenvalue weighted by atomic mass is 16.5. The van der Waals surface area contributed by atoms with E-state index in [0.29, 0.717) is 11.8 Å². The predicted molar refractivity (Wildman–Crippen MR) is 122 cm³/mol. The van der Waals surface area contributed by atoms with Gasteiger partial charge in [0.05, 0.1) is 12.8 Å². The van der Waals surface area contributed by atoms with Crippen molar-refractivity contribution in [2.75, 3.05) is 6.61 Å². The maximum Gasteiger partial charge on any atom is 0.306 e. The Kier molecular flexibility index (Phi) is 5.78. The Morgan fingerprint density at radius 3 is 2.61 bits per heavy atom. The van der Waals surface area contributed by atoms with Gasteiger partial charge in [0.15, 0.2) is 18.2 Å². The van der Waals surface area contributed by atoms with Crippen molar-refractivity contribution in [3.63, 3.8) is 0 Å². The third kappa shape index (κ3) is 3.53. The number of carboxylic acid groups (broad SMARTS) is 1. The molecule has 0 amide bonds. The van der Waals surface area contributed by atoms with Crippen LogP contribution in [0.1, 0.15) is 66.2 Å². The van der Waals surface area contributed by atoms with Crippen molar-refractivity contribution in [2.45, 2.75) is 66.2 Å². The monoisotopic (exact) mass is 454 g/mol. The molecule has 4 aliphatic rings. The molecule has 0 heterocycles. The molecule has 2 fully saturated rings. The Labute approximate surface area is 195 Å². The second kappa shape index (κ2) is 8.07. The van der Waals surface area contributed by atoms with Crippen molar-refractivity contribution >= 4 is 23.5 Å². The van der Waals surface area contributed by atoms with Crippen LogP contribution in [0.5, 0.6) is 0 Å². The zero-order chi connectivity index (χ0) is 24.2. The normalized spacial score (nSPS) is 39.0. The van der Waals surface area contributed by atoms with Crippen LogP contribution < -0.4 is 0 Å². The highest BCUT2D eigenvalue weighted by Gasteiger charge is 2.65. The van der Waals surface area contributed by atoms with Gasteiger partial charge in [-0.15, -0.1) is 0 Å². The fourth-order valence-electron chi connectivity index (χ4n) is 7.26. The Morgan fingerprint density at radius 2 is 1.91 bits per heavy atom. The second-order valence-electron chi connectivity index (χ2n) is 11.0. The number of ketones is 2. The van der Waals surface area contributed by atoms with Gasteiger partial charge in [-0.3, -0.25) is 19.2 Å². The molecule has 0 radical (unpaired) electrons. The molecular formula is C27H34O6. The average Bonchev–Trinajstić information content (AvgIpc) is 2.98. The van der Waals surface area contributed by atoms with Gasteiger partial charge in [-0.05, 0) is 67.9 Å². The van der Waals surface area contributed by atoms with E-state index in [1.807, 2.05) is 6.92 Å². The largest absolute Gasteiger partial charge is 0.481 e. The number of aliphatic carboxylic acids is 1. The van der Waals surface area contributed by atoms with Crippen molar-refractivity contribution in [1.82, 2.24) is 0 Å². The van der Waals surface area contributed by atoms with E-state index in [-0.39, 0.29) is 47.8 Å². The van der Waals surface area contributed by atoms with Gasteiger partial charge in [0, 0.05) is 10.8 Å². The van der Waals surface area contributed by atoms with Crippen molar-refractivity contribution < 1.29 is 29.0 Å². The zero-order valence-corrected chi connectivity index (χ0v) is 20.0. The molecule has 0 aromatic heterocycles. The van der Waals surface area contributed by atoms with Gasteiger partial charge in [-0.2, -0.15) is 0 Å². The summed E-state index contributed by atoms with van der Waals surface area (Å²) in [5, 5.41) is 8.75. The fourth-order valence-corrected chi connectivity index (χ4v) is 7.26. The number of allylic oxidation sites excluding steroid dienone is 6. The summed E-state index contributed by atoms with van der Waals surface area (Å²) in [5.41, 5.74) is 1.47. The highest BCUT2D eigenvalue weighted by molar-refractivity contribution is 6.01. The van der Waals surface area contributed by atoms with Gasteiger partial charge in [0.2, 0.25) is 0 Å². The summed E-state index contributed by atoms with van der Waals surface area (Å²) in [5.74, 6) is -0.887. The van der Waals surface area contributed by atoms with E-state index in [2.05, 4.69) is 32.9 Å². The molecule has 1 N–H and O–H groups in total. The molecule has 2 saturated carbocycles. The lowest BCUT2D eigenvalue weighted by Gasteiger charge is -2.54. The first kappa shape index (κ1) is 23.7. The minimum Gasteiger partial charge on any atom is -0.481 e. The van der Waals surface area contributed by atoms with E-state index in [9.17, 15) is 19.2 Å². The topological polar surface area (TPSA) is 97.7 Å². The molecule has 0 saturated heterocycles. The van der Waals surface area contributed by atoms with Gasteiger partial charge in [-0.1, -0.05) is 44.1 Å². The van der Waals surface area contributed by atoms with E-state index in [1.165, 1.54) is 11.1 Å². The third-order valence-corrected chi connectivity index (χ3v) is 9.60. The molecule has 0 aliphatic heterocycles. The van der Waals surface area contributed by atoms with E-state index in [4.69, 9.17) is 9.84 Å². The molecular weight excluding hydrogens is 420 g/mol. The van der Waals surface area contributed by atoms with Gasteiger partial charge < -0.3 is 9.84 Å². The van der Waals surface area contributed by atoms with Gasteiger partial charge in [-0.25, -0.2) is 0 Å². The number of carbonyl (C=O) groups excluding carboxylic acids is 3. The first-order chi connectivity index (χ1) is 15.4. The Hall–Kier alpha value is -2.50. The second-order valence-corrected chi connectivity index (χ2v) is 11.0. The number of carbonyl (C=O) groups is 4. The van der Waals surface area contributed by atoms with Crippen LogP contribution >= 0.6 is 0 Å². The molecule has 0 aromatic rings. The lowest BCUT2D eigenvalue weighted by molar-refractivity contribution is -0.156. The molecule has 33 heavy (non-hydrogen) atoms. The van der Waals surface area contributed by atoms with Crippen LogP contribution in [0.15, 0.2) is 35.5 Å². The maximum atomic E-state index is 13.5. The molecule has 4 rings (SSSR count). The fraction of sp³-hybridized carbons (Fsp3) is 0.630. The number of fused-ring (bicyclic) bond motifs is 5. The summed E-state index contributed by atoms with van der Waals surface area (Å²) < 4.78 is 5.19. The summed E-state index contributed by atoms with van der Waals surface area (Å²) in [7, 11) is 0. The minimum absolute atomic E-state index is 0.0627. The van der Waals surface area contributed by atoms with Crippen LogP contribution in [0, 0.1) is 34.0 Å². The third-order valence-electron chi connectivity index (χ3n) is 9.60. The summed E-state index contributed by atoms with van der Waals surface area (Å²) in [6.07, 6.45) is 10.9. The SMILES string of the molecule is C[C@@H]1CC2C3CCC4=CC(=O)C=C[C@]4(C)C3=CC[C@]2(C)[C@@]1(C)C(=O)COC(=O)CCC(=O)O. The summed E-state index contributed by atoms with van der Waals surface area (Å²) in [6, 6.07) is 0. The van der Waals surface area contributed by atoms with E-state index in [1.54, 1.807) is 12.2 Å². The molecule has 0 bridgehead atoms. The number of hydrogen-bond acceptors (Lipinski definition) is 5. The van der Waals surface area contributed by atoms with Crippen molar-refractivity contribution in [3.05, 3.63) is 35.5 Å². The highest BCUT2D eigenvalue weighted by Crippen LogP contribution is 2.69. The van der Waals surface area contributed by atoms with Gasteiger partial charge >= 0.3 is 11.9 Å². The maximum absolute atomic E-state index is 13.5. The van der Waals surface area contributed by atoms with E-state index < -0.39 is 17.4 Å². The Morgan fingerprint density at radius 1 is 1.18 bits per heavy atom. The first-order valence-electron chi connectivity index (χ1n) is 12.0. The number of Topliss-reactive ketones (excluding diaryl/α,β-unsaturated/α-hetero) is 1. The predicted octanol–water partition coefficient (Wildman–Crippen LogP) is 4.44. The molecule has 0 aromatic carbocycles. The lowest BCUT2D eigenvalue weighted by Crippen LogP contribution is -2.51. The van der Waals surface area contributed by atoms with Crippen LogP contribution in [0.4, 0.5) is 0 Å². The molecule has 6 heteroatoms. The smallest absolute Gasteiger partial charge is 0.306 e. The van der Waals surface area contributed by atoms with Crippen LogP contribution in [0.3, 0.4) is 0 Å². The Balaban J connectivity index is 1.58. The first-order valence-corrected chi connectivity index (χ1v) is 12.0. The number of carboxylic acids is 1. The summed E-state index contributed by atoms with van der Waals surface area (Å²) >= 11 is 0. The van der Waals surface area contributed by atoms with Crippen LogP contribution in [-0.4, -0.2) is 35.2 Å². The number of hydrogen-bond donors (Lipinski definition) is 1. The Bertz CT molecular complexity index is 1000. The number of esters is 1. The van der Waals surface area contributed by atoms with Crippen molar-refractivity contribution in [1.29, 1.82) is 0 Å². The average molecular weight is 455 g/mol. The van der Waals surface area contributed by atoms with Gasteiger partial charge in [0.1, 0.15) is 0 Å². The number of ether oxygens (including phenoxy) is 1. The van der Waals surface area contributed by atoms with Crippen molar-refractivity contribution in [2.24, 2.45) is 34.0 Å². The standard InChI is InChI=1S/C27H34O6/c1-16-13-21-19-6-5-17-14-18(28)9-11-25(17,2)20(19)10-12-26(21,3)27(16,4)22(29)15-33-24(32)8-7-23(30)31/h9-11,14,16,19,21H,5-8,12-13,15H2,1-4H3,(H,30,31)/t16-,19?,21?,25+,26+,27-/m1/s1. The number of rotatable bonds is 6. The summed E-state index contributed by atoms with van der Waals surface area (Å²) in [4.78, 5) is 48.0. The zero-order valence-electron chi connectivity index (χ0n) is 20.0. The van der Waals surface area contributed by atoms with Crippen LogP contribution in [-0.2, 0) is 23.9 Å².